The fourth-order valence-corrected chi connectivity index (χ4v) is 4.01. The molecule has 0 aliphatic carbocycles. The Morgan fingerprint density at radius 2 is 1.43 bits per heavy atom. The average molecular weight is 375 g/mol. The van der Waals surface area contributed by atoms with Crippen molar-refractivity contribution in [2.45, 2.75) is 71.4 Å². The van der Waals surface area contributed by atoms with Crippen LogP contribution in [0.2, 0.25) is 58.9 Å². The number of nitrogens with zero attached hydrogens (tertiary/aromatic N) is 2. The molecule has 0 radical (unpaired) electrons. The van der Waals surface area contributed by atoms with Gasteiger partial charge in [0, 0.05) is 0 Å². The maximum absolute atomic E-state index is 12.1. The molecule has 1 rings (SSSR count). The van der Waals surface area contributed by atoms with Gasteiger partial charge in [-0.2, -0.15) is 4.99 Å². The normalized spacial score (nSPS) is 19.1. The molecule has 1 unspecified atom stereocenters. The third kappa shape index (κ3) is 8.47. The molecule has 0 aromatic carbocycles. The third-order valence-electron chi connectivity index (χ3n) is 2.35. The first-order chi connectivity index (χ1) is 10.1. The maximum atomic E-state index is 12.1. The SMILES string of the molecule is C[Si](C)(C)OC(=O)CC1N=C(O[Si](C)(C)C)N=C1O[Si](C)(C)C. The van der Waals surface area contributed by atoms with E-state index in [2.05, 4.69) is 49.3 Å². The molecule has 0 fully saturated rings. The predicted octanol–water partition coefficient (Wildman–Crippen LogP) is 3.59. The van der Waals surface area contributed by atoms with E-state index in [-0.39, 0.29) is 12.4 Å². The summed E-state index contributed by atoms with van der Waals surface area (Å²) in [6, 6.07) is -0.0971. The summed E-state index contributed by atoms with van der Waals surface area (Å²) in [5.41, 5.74) is 0. The van der Waals surface area contributed by atoms with E-state index < -0.39 is 31.0 Å². The highest BCUT2D eigenvalue weighted by molar-refractivity contribution is 6.72. The van der Waals surface area contributed by atoms with Crippen molar-refractivity contribution in [3.63, 3.8) is 0 Å². The first-order valence-electron chi connectivity index (χ1n) is 7.91. The van der Waals surface area contributed by atoms with Crippen LogP contribution in [0.4, 0.5) is 0 Å². The van der Waals surface area contributed by atoms with Gasteiger partial charge >= 0.3 is 6.02 Å². The summed E-state index contributed by atoms with van der Waals surface area (Å²) in [6.45, 7) is 18.4. The Labute approximate surface area is 142 Å². The van der Waals surface area contributed by atoms with Gasteiger partial charge in [-0.25, -0.2) is 4.99 Å². The van der Waals surface area contributed by atoms with Crippen molar-refractivity contribution in [2.24, 2.45) is 9.98 Å². The van der Waals surface area contributed by atoms with Crippen molar-refractivity contribution in [1.29, 1.82) is 0 Å². The standard InChI is InChI=1S/C14H30N2O4Si3/c1-21(2,3)18-12(17)10-11-13(19-22(4,5)6)16-14(15-11)20-23(7,8)9/h11H,10H2,1-9H3. The van der Waals surface area contributed by atoms with Crippen molar-refractivity contribution in [3.05, 3.63) is 0 Å². The highest BCUT2D eigenvalue weighted by Crippen LogP contribution is 2.19. The molecule has 0 spiro atoms. The van der Waals surface area contributed by atoms with E-state index in [1.54, 1.807) is 0 Å². The second-order valence-corrected chi connectivity index (χ2v) is 21.9. The number of aliphatic imine (C=N–C) groups is 2. The highest BCUT2D eigenvalue weighted by Gasteiger charge is 2.34. The van der Waals surface area contributed by atoms with Gasteiger partial charge in [-0.1, -0.05) is 0 Å². The molecule has 1 heterocycles. The van der Waals surface area contributed by atoms with Crippen LogP contribution in [-0.4, -0.2) is 48.9 Å². The van der Waals surface area contributed by atoms with Gasteiger partial charge in [0.05, 0.1) is 6.42 Å². The van der Waals surface area contributed by atoms with E-state index in [1.165, 1.54) is 0 Å². The molecule has 9 heteroatoms. The molecule has 0 N–H and O–H groups in total. The lowest BCUT2D eigenvalue weighted by Crippen LogP contribution is -2.36. The Kier molecular flexibility index (Phi) is 6.03. The third-order valence-corrected chi connectivity index (χ3v) is 4.80. The minimum atomic E-state index is -1.91. The van der Waals surface area contributed by atoms with Crippen molar-refractivity contribution in [3.8, 4) is 0 Å². The van der Waals surface area contributed by atoms with Crippen molar-refractivity contribution < 1.29 is 18.1 Å². The van der Waals surface area contributed by atoms with Crippen LogP contribution in [0.25, 0.3) is 0 Å². The second-order valence-electron chi connectivity index (χ2n) is 8.60. The van der Waals surface area contributed by atoms with E-state index in [9.17, 15) is 4.79 Å². The van der Waals surface area contributed by atoms with Crippen molar-refractivity contribution >= 4 is 42.8 Å². The van der Waals surface area contributed by atoms with Gasteiger partial charge in [-0.3, -0.25) is 4.79 Å². The predicted molar refractivity (Wildman–Crippen MR) is 102 cm³/mol. The Hall–Kier alpha value is -0.939. The van der Waals surface area contributed by atoms with Gasteiger partial charge < -0.3 is 13.3 Å². The molecule has 0 saturated heterocycles. The topological polar surface area (TPSA) is 69.5 Å². The van der Waals surface area contributed by atoms with Gasteiger partial charge in [0.1, 0.15) is 6.04 Å². The van der Waals surface area contributed by atoms with Gasteiger partial charge in [-0.15, -0.1) is 0 Å². The Morgan fingerprint density at radius 3 is 1.87 bits per heavy atom. The summed E-state index contributed by atoms with van der Waals surface area (Å²) >= 11 is 0. The molecule has 1 aliphatic rings. The zero-order valence-corrected chi connectivity index (χ0v) is 18.8. The number of hydrogen-bond acceptors (Lipinski definition) is 6. The summed E-state index contributed by atoms with van der Waals surface area (Å²) < 4.78 is 17.4. The first-order valence-corrected chi connectivity index (χ1v) is 18.1. The lowest BCUT2D eigenvalue weighted by molar-refractivity contribution is -0.135. The lowest BCUT2D eigenvalue weighted by Gasteiger charge is -2.22. The monoisotopic (exact) mass is 374 g/mol. The minimum Gasteiger partial charge on any atom is -0.533 e. The smallest absolute Gasteiger partial charge is 0.301 e. The molecule has 1 aliphatic heterocycles. The molecule has 132 valence electrons. The molecule has 0 bridgehead atoms. The van der Waals surface area contributed by atoms with E-state index in [0.717, 1.165) is 0 Å². The zero-order chi connectivity index (χ0) is 18.1. The number of carbonyl (C=O) groups excluding carboxylic acids is 1. The average Bonchev–Trinajstić information content (AvgIpc) is 2.50. The summed E-state index contributed by atoms with van der Waals surface area (Å²) in [4.78, 5) is 21.0. The summed E-state index contributed by atoms with van der Waals surface area (Å²) in [5.74, 6) is 0.240. The summed E-state index contributed by atoms with van der Waals surface area (Å²) in [5, 5.41) is 0. The van der Waals surface area contributed by atoms with Gasteiger partial charge in [0.25, 0.3) is 5.97 Å². The summed E-state index contributed by atoms with van der Waals surface area (Å²) in [6.07, 6.45) is 0.145. The lowest BCUT2D eigenvalue weighted by atomic mass is 10.2. The van der Waals surface area contributed by atoms with Crippen LogP contribution in [-0.2, 0) is 18.1 Å². The van der Waals surface area contributed by atoms with Crippen LogP contribution < -0.4 is 0 Å². The molecular formula is C14H30N2O4Si3. The largest absolute Gasteiger partial charge is 0.533 e. The van der Waals surface area contributed by atoms with Crippen LogP contribution >= 0.6 is 0 Å². The van der Waals surface area contributed by atoms with Crippen molar-refractivity contribution in [2.75, 3.05) is 0 Å². The quantitative estimate of drug-likeness (QED) is 0.690. The molecular weight excluding hydrogens is 344 g/mol. The first kappa shape index (κ1) is 20.1. The number of amidine groups is 1. The van der Waals surface area contributed by atoms with Crippen LogP contribution in [0.5, 0.6) is 0 Å². The Balaban J connectivity index is 2.88. The molecule has 0 aromatic heterocycles. The van der Waals surface area contributed by atoms with Crippen LogP contribution in [0.3, 0.4) is 0 Å². The maximum Gasteiger partial charge on any atom is 0.301 e. The van der Waals surface area contributed by atoms with Gasteiger partial charge in [0.15, 0.2) is 0 Å². The van der Waals surface area contributed by atoms with E-state index in [0.29, 0.717) is 11.9 Å². The zero-order valence-electron chi connectivity index (χ0n) is 15.8. The molecule has 1 atom stereocenters. The molecule has 6 nitrogen and oxygen atoms in total. The fourth-order valence-electron chi connectivity index (χ4n) is 1.79. The molecule has 0 saturated carbocycles. The number of carbonyl (C=O) groups is 1. The molecule has 23 heavy (non-hydrogen) atoms. The number of rotatable bonds is 5. The van der Waals surface area contributed by atoms with Gasteiger partial charge in [-0.05, 0) is 58.9 Å². The highest BCUT2D eigenvalue weighted by atomic mass is 28.4. The molecule has 0 amide bonds. The van der Waals surface area contributed by atoms with Gasteiger partial charge in [0.2, 0.25) is 30.8 Å². The van der Waals surface area contributed by atoms with E-state index in [4.69, 9.17) is 13.3 Å². The number of hydrogen-bond donors (Lipinski definition) is 0. The van der Waals surface area contributed by atoms with Crippen LogP contribution in [0, 0.1) is 0 Å². The second kappa shape index (κ2) is 6.89. The van der Waals surface area contributed by atoms with E-state index >= 15 is 0 Å². The Bertz CT molecular complexity index is 514. The van der Waals surface area contributed by atoms with Crippen LogP contribution in [0.15, 0.2) is 9.98 Å². The van der Waals surface area contributed by atoms with E-state index in [1.807, 2.05) is 19.6 Å². The fraction of sp³-hybridized carbons (Fsp3) is 0.786. The van der Waals surface area contributed by atoms with Crippen LogP contribution in [0.1, 0.15) is 6.42 Å². The Morgan fingerprint density at radius 1 is 0.913 bits per heavy atom. The molecule has 0 aromatic rings. The summed E-state index contributed by atoms with van der Waals surface area (Å²) in [7, 11) is -5.56. The minimum absolute atomic E-state index is 0.145. The van der Waals surface area contributed by atoms with Crippen molar-refractivity contribution in [1.82, 2.24) is 0 Å².